The first-order chi connectivity index (χ1) is 17.9. The largest absolute Gasteiger partial charge is 0.439 e. The number of ether oxygens (including phenoxy) is 1. The number of aliphatic hydroxyl groups excluding tert-OH is 2. The van der Waals surface area contributed by atoms with Crippen LogP contribution in [0.5, 0.6) is 11.6 Å². The highest BCUT2D eigenvalue weighted by Crippen LogP contribution is 2.22. The molecule has 0 aliphatic heterocycles. The smallest absolute Gasteiger partial charge is 0.335 e. The van der Waals surface area contributed by atoms with Gasteiger partial charge >= 0.3 is 11.4 Å². The van der Waals surface area contributed by atoms with E-state index in [0.717, 1.165) is 4.57 Å². The van der Waals surface area contributed by atoms with Crippen molar-refractivity contribution in [1.82, 2.24) is 19.1 Å². The second kappa shape index (κ2) is 11.5. The summed E-state index contributed by atoms with van der Waals surface area (Å²) < 4.78 is 34.2. The maximum absolute atomic E-state index is 13.4. The number of benzene rings is 2. The van der Waals surface area contributed by atoms with Crippen LogP contribution < -0.4 is 21.7 Å². The molecule has 3 N–H and O–H groups in total. The zero-order chi connectivity index (χ0) is 26.4. The molecular weight excluding hydrogens is 488 g/mol. The lowest BCUT2D eigenvalue weighted by Gasteiger charge is -2.14. The van der Waals surface area contributed by atoms with E-state index in [-0.39, 0.29) is 24.6 Å². The zero-order valence-electron chi connectivity index (χ0n) is 19.4. The lowest BCUT2D eigenvalue weighted by atomic mass is 10.2. The van der Waals surface area contributed by atoms with Gasteiger partial charge in [-0.3, -0.25) is 9.55 Å². The number of halogens is 2. The molecule has 4 rings (SSSR count). The molecule has 2 aromatic carbocycles. The number of aromatic nitrogens is 4. The van der Waals surface area contributed by atoms with E-state index in [9.17, 15) is 28.6 Å². The van der Waals surface area contributed by atoms with E-state index >= 15 is 0 Å². The summed E-state index contributed by atoms with van der Waals surface area (Å²) in [6, 6.07) is 15.9. The molecule has 0 bridgehead atoms. The average Bonchev–Trinajstić information content (AvgIpc) is 2.89. The van der Waals surface area contributed by atoms with Crippen LogP contribution in [0.2, 0.25) is 0 Å². The second-order valence-corrected chi connectivity index (χ2v) is 8.10. The Hall–Kier alpha value is -4.42. The van der Waals surface area contributed by atoms with Crippen molar-refractivity contribution in [1.29, 1.82) is 0 Å². The summed E-state index contributed by atoms with van der Waals surface area (Å²) in [6.45, 7) is -1.10. The van der Waals surface area contributed by atoms with E-state index in [2.05, 4.69) is 15.0 Å². The monoisotopic (exact) mass is 511 g/mol. The molecule has 0 aliphatic carbocycles. The molecule has 2 aromatic heterocycles. The van der Waals surface area contributed by atoms with Gasteiger partial charge in [-0.15, -0.1) is 0 Å². The summed E-state index contributed by atoms with van der Waals surface area (Å²) in [7, 11) is 0. The van der Waals surface area contributed by atoms with Crippen LogP contribution in [0.15, 0.2) is 81.3 Å². The van der Waals surface area contributed by atoms with Crippen LogP contribution >= 0.6 is 0 Å². The number of nitrogens with one attached hydrogen (secondary N) is 1. The SMILES string of the molecule is O=c1[nH]/c(=N\c2ccc(Oc3cccc(F)n3)cc2)n(Cc2ccc(F)cc2)c(=O)n1CC(CO)CO. The van der Waals surface area contributed by atoms with Gasteiger partial charge in [0.1, 0.15) is 11.6 Å². The Morgan fingerprint density at radius 3 is 2.30 bits per heavy atom. The number of pyridine rings is 1. The molecule has 37 heavy (non-hydrogen) atoms. The second-order valence-electron chi connectivity index (χ2n) is 8.10. The predicted octanol–water partition coefficient (Wildman–Crippen LogP) is 1.69. The van der Waals surface area contributed by atoms with E-state index in [0.29, 0.717) is 17.0 Å². The first-order valence-corrected chi connectivity index (χ1v) is 11.2. The summed E-state index contributed by atoms with van der Waals surface area (Å²) in [5.74, 6) is -1.42. The van der Waals surface area contributed by atoms with Crippen molar-refractivity contribution < 1.29 is 23.7 Å². The Kier molecular flexibility index (Phi) is 8.01. The van der Waals surface area contributed by atoms with Crippen molar-refractivity contribution >= 4 is 5.69 Å². The highest BCUT2D eigenvalue weighted by Gasteiger charge is 2.15. The summed E-state index contributed by atoms with van der Waals surface area (Å²) in [5, 5.41) is 18.8. The number of rotatable bonds is 9. The highest BCUT2D eigenvalue weighted by molar-refractivity contribution is 5.42. The fourth-order valence-corrected chi connectivity index (χ4v) is 3.43. The highest BCUT2D eigenvalue weighted by atomic mass is 19.1. The number of aromatic amines is 1. The standard InChI is InChI=1S/C25H23F2N5O5/c26-18-6-4-16(5-7-18)12-31-23(30-24(35)32(25(31)36)13-17(14-33)15-34)28-19-8-10-20(11-9-19)37-22-3-1-2-21(27)29-22/h1-11,17,33-34H,12-15H2,(H,28,30,35). The Morgan fingerprint density at radius 2 is 1.65 bits per heavy atom. The molecule has 0 aliphatic rings. The number of H-pyrrole nitrogens is 1. The first kappa shape index (κ1) is 25.7. The Balaban J connectivity index is 1.73. The molecule has 0 unspecified atom stereocenters. The molecule has 0 amide bonds. The molecule has 192 valence electrons. The van der Waals surface area contributed by atoms with Crippen molar-refractivity contribution in [2.45, 2.75) is 13.1 Å². The van der Waals surface area contributed by atoms with Gasteiger partial charge in [0.15, 0.2) is 0 Å². The molecule has 4 aromatic rings. The van der Waals surface area contributed by atoms with Gasteiger partial charge < -0.3 is 14.9 Å². The zero-order valence-corrected chi connectivity index (χ0v) is 19.4. The number of hydrogen-bond donors (Lipinski definition) is 3. The minimum absolute atomic E-state index is 0.0376. The molecule has 0 spiro atoms. The van der Waals surface area contributed by atoms with Gasteiger partial charge in [-0.2, -0.15) is 9.37 Å². The summed E-state index contributed by atoms with van der Waals surface area (Å²) in [6.07, 6.45) is 0. The number of nitrogens with zero attached hydrogens (tertiary/aromatic N) is 4. The van der Waals surface area contributed by atoms with E-state index in [1.54, 1.807) is 24.3 Å². The third-order valence-electron chi connectivity index (χ3n) is 5.38. The summed E-state index contributed by atoms with van der Waals surface area (Å²) in [5.41, 5.74) is -0.630. The van der Waals surface area contributed by atoms with E-state index in [1.807, 2.05) is 0 Å². The van der Waals surface area contributed by atoms with E-state index in [4.69, 9.17) is 4.74 Å². The van der Waals surface area contributed by atoms with Crippen LogP contribution in [0.4, 0.5) is 14.5 Å². The van der Waals surface area contributed by atoms with Crippen LogP contribution in [-0.4, -0.2) is 42.5 Å². The lowest BCUT2D eigenvalue weighted by Crippen LogP contribution is -2.51. The van der Waals surface area contributed by atoms with Crippen LogP contribution in [0.3, 0.4) is 0 Å². The molecule has 12 heteroatoms. The summed E-state index contributed by atoms with van der Waals surface area (Å²) >= 11 is 0. The topological polar surface area (TPSA) is 135 Å². The molecule has 0 radical (unpaired) electrons. The maximum Gasteiger partial charge on any atom is 0.335 e. The number of aliphatic hydroxyl groups is 2. The normalized spacial score (nSPS) is 11.8. The molecule has 0 saturated heterocycles. The molecule has 0 saturated carbocycles. The minimum atomic E-state index is -0.775. The van der Waals surface area contributed by atoms with Crippen molar-refractivity contribution in [3.8, 4) is 11.6 Å². The van der Waals surface area contributed by atoms with Gasteiger partial charge in [0.2, 0.25) is 17.4 Å². The summed E-state index contributed by atoms with van der Waals surface area (Å²) in [4.78, 5) is 36.6. The van der Waals surface area contributed by atoms with E-state index in [1.165, 1.54) is 47.0 Å². The molecule has 10 nitrogen and oxygen atoms in total. The Labute approximate surface area is 208 Å². The Bertz CT molecular complexity index is 1540. The van der Waals surface area contributed by atoms with E-state index < -0.39 is 42.3 Å². The first-order valence-electron chi connectivity index (χ1n) is 11.2. The third-order valence-corrected chi connectivity index (χ3v) is 5.38. The van der Waals surface area contributed by atoms with Gasteiger partial charge in [-0.25, -0.2) is 23.5 Å². The van der Waals surface area contributed by atoms with Crippen molar-refractivity contribution in [2.75, 3.05) is 13.2 Å². The fourth-order valence-electron chi connectivity index (χ4n) is 3.43. The van der Waals surface area contributed by atoms with Gasteiger partial charge in [0, 0.05) is 31.7 Å². The van der Waals surface area contributed by atoms with Crippen LogP contribution in [-0.2, 0) is 13.1 Å². The minimum Gasteiger partial charge on any atom is -0.439 e. The van der Waals surface area contributed by atoms with Crippen LogP contribution in [0.1, 0.15) is 5.56 Å². The lowest BCUT2D eigenvalue weighted by molar-refractivity contribution is 0.134. The van der Waals surface area contributed by atoms with Gasteiger partial charge in [0.25, 0.3) is 0 Å². The van der Waals surface area contributed by atoms with Gasteiger partial charge in [0.05, 0.1) is 12.2 Å². The van der Waals surface area contributed by atoms with Crippen molar-refractivity contribution in [3.63, 3.8) is 0 Å². The molecule has 0 fully saturated rings. The van der Waals surface area contributed by atoms with Gasteiger partial charge in [-0.1, -0.05) is 18.2 Å². The molecular formula is C25H23F2N5O5. The molecule has 2 heterocycles. The average molecular weight is 511 g/mol. The fraction of sp³-hybridized carbons (Fsp3) is 0.200. The Morgan fingerprint density at radius 1 is 0.946 bits per heavy atom. The van der Waals surface area contributed by atoms with Crippen LogP contribution in [0.25, 0.3) is 0 Å². The van der Waals surface area contributed by atoms with Crippen molar-refractivity contribution in [2.24, 2.45) is 10.9 Å². The van der Waals surface area contributed by atoms with Gasteiger partial charge in [-0.05, 0) is 48.0 Å². The number of hydrogen-bond acceptors (Lipinski definition) is 7. The van der Waals surface area contributed by atoms with Crippen LogP contribution in [0, 0.1) is 17.7 Å². The molecule has 0 atom stereocenters. The van der Waals surface area contributed by atoms with Crippen molar-refractivity contribution in [3.05, 3.63) is 111 Å². The third kappa shape index (κ3) is 6.42. The maximum atomic E-state index is 13.4. The quantitative estimate of drug-likeness (QED) is 0.293. The predicted molar refractivity (Wildman–Crippen MR) is 128 cm³/mol.